The SMILES string of the molecule is c1ccc(-c2ccc(N(c3ccc(-c4cccc5oc6ccccc6c45)cc3)c3ccc4c(c3)C3(c5ccccc5-4)c4ccccc4-n4c3nc3ccccc34)cc2)cc1. The molecule has 1 atom stereocenters. The van der Waals surface area contributed by atoms with Crippen LogP contribution in [0.5, 0.6) is 0 Å². The molecular weight excluding hydrogens is 731 g/mol. The third kappa shape index (κ3) is 4.53. The summed E-state index contributed by atoms with van der Waals surface area (Å²) in [6, 6.07) is 76.6. The third-order valence-corrected chi connectivity index (χ3v) is 12.8. The van der Waals surface area contributed by atoms with E-state index in [0.717, 1.165) is 67.0 Å². The van der Waals surface area contributed by atoms with Crippen LogP contribution in [0.1, 0.15) is 22.5 Å². The number of furan rings is 1. The fourth-order valence-corrected chi connectivity index (χ4v) is 10.3. The molecule has 0 radical (unpaired) electrons. The van der Waals surface area contributed by atoms with Crippen molar-refractivity contribution in [2.45, 2.75) is 5.41 Å². The molecule has 0 amide bonds. The summed E-state index contributed by atoms with van der Waals surface area (Å²) in [5, 5.41) is 2.27. The maximum atomic E-state index is 6.28. The maximum Gasteiger partial charge on any atom is 0.136 e. The Balaban J connectivity index is 1.02. The maximum absolute atomic E-state index is 6.28. The monoisotopic (exact) mass is 765 g/mol. The summed E-state index contributed by atoms with van der Waals surface area (Å²) in [5.74, 6) is 1.04. The number of fused-ring (bicyclic) bond motifs is 15. The minimum Gasteiger partial charge on any atom is -0.456 e. The first-order valence-electron chi connectivity index (χ1n) is 20.5. The van der Waals surface area contributed by atoms with Crippen molar-refractivity contribution in [3.05, 3.63) is 235 Å². The number of rotatable bonds is 5. The van der Waals surface area contributed by atoms with E-state index in [0.29, 0.717) is 0 Å². The van der Waals surface area contributed by atoms with Gasteiger partial charge >= 0.3 is 0 Å². The van der Waals surface area contributed by atoms with Crippen LogP contribution < -0.4 is 4.90 Å². The summed E-state index contributed by atoms with van der Waals surface area (Å²) in [6.45, 7) is 0. The van der Waals surface area contributed by atoms with Crippen molar-refractivity contribution in [2.75, 3.05) is 4.90 Å². The van der Waals surface area contributed by atoms with E-state index in [4.69, 9.17) is 9.40 Å². The highest BCUT2D eigenvalue weighted by Crippen LogP contribution is 2.61. The summed E-state index contributed by atoms with van der Waals surface area (Å²) in [4.78, 5) is 7.88. The number of para-hydroxylation sites is 4. The molecule has 60 heavy (non-hydrogen) atoms. The number of nitrogens with zero attached hydrogens (tertiary/aromatic N) is 3. The number of aromatic nitrogens is 2. The molecule has 0 N–H and O–H groups in total. The average Bonchev–Trinajstić information content (AvgIpc) is 4.05. The van der Waals surface area contributed by atoms with Gasteiger partial charge < -0.3 is 9.32 Å². The Bertz CT molecular complexity index is 3490. The van der Waals surface area contributed by atoms with Gasteiger partial charge in [0, 0.05) is 27.8 Å². The molecule has 11 aromatic rings. The lowest BCUT2D eigenvalue weighted by Crippen LogP contribution is -2.27. The van der Waals surface area contributed by atoms with Crippen molar-refractivity contribution < 1.29 is 4.42 Å². The van der Waals surface area contributed by atoms with Gasteiger partial charge in [0.15, 0.2) is 0 Å². The number of anilines is 3. The van der Waals surface area contributed by atoms with E-state index >= 15 is 0 Å². The Kier molecular flexibility index (Phi) is 6.90. The number of imidazole rings is 1. The molecule has 1 unspecified atom stereocenters. The molecule has 4 heteroatoms. The first-order valence-corrected chi connectivity index (χ1v) is 20.5. The molecule has 1 spiro atoms. The Morgan fingerprint density at radius 3 is 1.90 bits per heavy atom. The second kappa shape index (κ2) is 12.5. The fraction of sp³-hybridized carbons (Fsp3) is 0.0179. The van der Waals surface area contributed by atoms with Gasteiger partial charge in [-0.1, -0.05) is 146 Å². The van der Waals surface area contributed by atoms with Gasteiger partial charge in [-0.15, -0.1) is 0 Å². The van der Waals surface area contributed by atoms with Crippen molar-refractivity contribution in [1.82, 2.24) is 9.55 Å². The van der Waals surface area contributed by atoms with Gasteiger partial charge in [0.2, 0.25) is 0 Å². The third-order valence-electron chi connectivity index (χ3n) is 12.8. The summed E-state index contributed by atoms with van der Waals surface area (Å²) in [6.07, 6.45) is 0. The quantitative estimate of drug-likeness (QED) is 0.175. The highest BCUT2D eigenvalue weighted by Gasteiger charge is 2.54. The van der Waals surface area contributed by atoms with Crippen LogP contribution in [0.2, 0.25) is 0 Å². The lowest BCUT2D eigenvalue weighted by Gasteiger charge is -2.30. The summed E-state index contributed by atoms with van der Waals surface area (Å²) >= 11 is 0. The minimum absolute atomic E-state index is 0.601. The molecule has 2 aromatic heterocycles. The van der Waals surface area contributed by atoms with Crippen molar-refractivity contribution in [2.24, 2.45) is 0 Å². The summed E-state index contributed by atoms with van der Waals surface area (Å²) < 4.78 is 8.67. The van der Waals surface area contributed by atoms with Crippen LogP contribution in [0.15, 0.2) is 217 Å². The van der Waals surface area contributed by atoms with Gasteiger partial charge in [0.05, 0.1) is 16.7 Å². The van der Waals surface area contributed by atoms with Crippen LogP contribution in [0, 0.1) is 0 Å². The second-order valence-electron chi connectivity index (χ2n) is 15.9. The van der Waals surface area contributed by atoms with Crippen LogP contribution in [0.3, 0.4) is 0 Å². The van der Waals surface area contributed by atoms with Gasteiger partial charge in [-0.2, -0.15) is 0 Å². The van der Waals surface area contributed by atoms with E-state index in [1.807, 2.05) is 12.1 Å². The molecule has 3 heterocycles. The van der Waals surface area contributed by atoms with Gasteiger partial charge in [0.25, 0.3) is 0 Å². The molecular formula is C56H35N3O. The zero-order valence-corrected chi connectivity index (χ0v) is 32.5. The Hall–Kier alpha value is -7.95. The summed E-state index contributed by atoms with van der Waals surface area (Å²) in [5.41, 5.74) is 18.6. The molecule has 9 aromatic carbocycles. The van der Waals surface area contributed by atoms with Crippen LogP contribution in [-0.4, -0.2) is 9.55 Å². The highest BCUT2D eigenvalue weighted by atomic mass is 16.3. The first kappa shape index (κ1) is 33.1. The zero-order chi connectivity index (χ0) is 39.4. The molecule has 0 saturated heterocycles. The molecule has 2 aliphatic rings. The molecule has 0 fully saturated rings. The van der Waals surface area contributed by atoms with Gasteiger partial charge in [-0.3, -0.25) is 4.57 Å². The zero-order valence-electron chi connectivity index (χ0n) is 32.5. The number of hydrogen-bond donors (Lipinski definition) is 0. The average molecular weight is 766 g/mol. The van der Waals surface area contributed by atoms with E-state index in [1.165, 1.54) is 44.6 Å². The van der Waals surface area contributed by atoms with E-state index < -0.39 is 5.41 Å². The van der Waals surface area contributed by atoms with Crippen LogP contribution >= 0.6 is 0 Å². The van der Waals surface area contributed by atoms with Crippen LogP contribution in [0.25, 0.3) is 72.0 Å². The van der Waals surface area contributed by atoms with E-state index in [-0.39, 0.29) is 0 Å². The van der Waals surface area contributed by atoms with Crippen molar-refractivity contribution in [1.29, 1.82) is 0 Å². The topological polar surface area (TPSA) is 34.2 Å². The van der Waals surface area contributed by atoms with Gasteiger partial charge in [-0.25, -0.2) is 4.98 Å². The Morgan fingerprint density at radius 2 is 1.05 bits per heavy atom. The van der Waals surface area contributed by atoms with Crippen molar-refractivity contribution in [3.8, 4) is 39.1 Å². The van der Waals surface area contributed by atoms with Crippen molar-refractivity contribution >= 4 is 50.0 Å². The van der Waals surface area contributed by atoms with Crippen LogP contribution in [0.4, 0.5) is 17.1 Å². The molecule has 4 nitrogen and oxygen atoms in total. The fourth-order valence-electron chi connectivity index (χ4n) is 10.3. The Morgan fingerprint density at radius 1 is 0.433 bits per heavy atom. The molecule has 0 saturated carbocycles. The van der Waals surface area contributed by atoms with E-state index in [1.54, 1.807) is 0 Å². The predicted molar refractivity (Wildman–Crippen MR) is 245 cm³/mol. The van der Waals surface area contributed by atoms with E-state index in [9.17, 15) is 0 Å². The standard InChI is InChI=1S/C56H35N3O/c1-2-13-36(14-3-1)37-25-29-39(30-26-37)58(40-31-27-38(28-32-40)42-17-12-24-53-54(42)45-16-5-11-23-52(45)60-53)41-33-34-44-43-15-4-6-18-46(43)56(48(44)35-41)47-19-7-9-21-50(47)59-51-22-10-8-20-49(51)57-55(56)59/h1-35H. The first-order chi connectivity index (χ1) is 29.8. The van der Waals surface area contributed by atoms with E-state index in [2.05, 4.69) is 210 Å². The van der Waals surface area contributed by atoms with Crippen LogP contribution in [-0.2, 0) is 5.41 Å². The number of hydrogen-bond acceptors (Lipinski definition) is 3. The normalized spacial score (nSPS) is 14.7. The molecule has 1 aliphatic carbocycles. The predicted octanol–water partition coefficient (Wildman–Crippen LogP) is 14.4. The smallest absolute Gasteiger partial charge is 0.136 e. The molecule has 13 rings (SSSR count). The van der Waals surface area contributed by atoms with Gasteiger partial charge in [0.1, 0.15) is 22.4 Å². The lowest BCUT2D eigenvalue weighted by molar-refractivity contribution is 0.669. The minimum atomic E-state index is -0.601. The molecule has 280 valence electrons. The molecule has 1 aliphatic heterocycles. The second-order valence-corrected chi connectivity index (χ2v) is 15.9. The van der Waals surface area contributed by atoms with Crippen molar-refractivity contribution in [3.63, 3.8) is 0 Å². The highest BCUT2D eigenvalue weighted by molar-refractivity contribution is 6.12. The lowest BCUT2D eigenvalue weighted by atomic mass is 9.73. The largest absolute Gasteiger partial charge is 0.456 e. The Labute approximate surface area is 346 Å². The van der Waals surface area contributed by atoms with Gasteiger partial charge in [-0.05, 0) is 117 Å². The summed E-state index contributed by atoms with van der Waals surface area (Å²) in [7, 11) is 0. The molecule has 0 bridgehead atoms. The number of benzene rings is 9.